The lowest BCUT2D eigenvalue weighted by Crippen LogP contribution is -2.05. The molecule has 3 rings (SSSR count). The van der Waals surface area contributed by atoms with Crippen molar-refractivity contribution in [1.82, 2.24) is 4.57 Å². The second-order valence-corrected chi connectivity index (χ2v) is 4.78. The molecule has 3 aromatic rings. The van der Waals surface area contributed by atoms with Gasteiger partial charge < -0.3 is 4.57 Å². The Bertz CT molecular complexity index is 713. The summed E-state index contributed by atoms with van der Waals surface area (Å²) in [6.45, 7) is 2.13. The first-order valence-corrected chi connectivity index (χ1v) is 6.74. The zero-order chi connectivity index (χ0) is 13.8. The third kappa shape index (κ3) is 2.57. The van der Waals surface area contributed by atoms with Gasteiger partial charge in [-0.25, -0.2) is 0 Å². The summed E-state index contributed by atoms with van der Waals surface area (Å²) in [5.74, 6) is 0. The van der Waals surface area contributed by atoms with Crippen LogP contribution < -0.4 is 5.43 Å². The average Bonchev–Trinajstić information content (AvgIpc) is 2.92. The van der Waals surface area contributed by atoms with Gasteiger partial charge in [0.15, 0.2) is 0 Å². The van der Waals surface area contributed by atoms with Crippen molar-refractivity contribution in [2.45, 2.75) is 13.0 Å². The highest BCUT2D eigenvalue weighted by Crippen LogP contribution is 2.18. The molecule has 0 bridgehead atoms. The summed E-state index contributed by atoms with van der Waals surface area (Å²) in [7, 11) is 0. The van der Waals surface area contributed by atoms with Gasteiger partial charge in [-0.3, -0.25) is 5.43 Å². The van der Waals surface area contributed by atoms with Crippen LogP contribution in [0.15, 0.2) is 72.0 Å². The molecule has 0 saturated heterocycles. The van der Waals surface area contributed by atoms with Crippen molar-refractivity contribution < 1.29 is 0 Å². The first-order chi connectivity index (χ1) is 9.84. The SMILES string of the molecule is C[C@H](/C=N\Nc1ccccc1)n1ccc2ccccc21. The molecule has 100 valence electrons. The van der Waals surface area contributed by atoms with E-state index in [4.69, 9.17) is 0 Å². The number of nitrogens with one attached hydrogen (secondary N) is 1. The van der Waals surface area contributed by atoms with Crippen LogP contribution in [0.4, 0.5) is 5.69 Å². The van der Waals surface area contributed by atoms with Crippen molar-refractivity contribution >= 4 is 22.8 Å². The standard InChI is InChI=1S/C17H17N3/c1-14(13-18-19-16-8-3-2-4-9-16)20-12-11-15-7-5-6-10-17(15)20/h2-14,19H,1H3/b18-13-/t14-/m1/s1. The predicted molar refractivity (Wildman–Crippen MR) is 85.2 cm³/mol. The van der Waals surface area contributed by atoms with Crippen molar-refractivity contribution in [2.24, 2.45) is 5.10 Å². The number of para-hydroxylation sites is 2. The van der Waals surface area contributed by atoms with E-state index in [0.717, 1.165) is 5.69 Å². The fourth-order valence-corrected chi connectivity index (χ4v) is 2.26. The van der Waals surface area contributed by atoms with E-state index in [1.165, 1.54) is 10.9 Å². The van der Waals surface area contributed by atoms with Crippen LogP contribution in [-0.4, -0.2) is 10.8 Å². The lowest BCUT2D eigenvalue weighted by molar-refractivity contribution is 0.736. The normalized spacial score (nSPS) is 12.8. The molecule has 0 aliphatic heterocycles. The van der Waals surface area contributed by atoms with E-state index in [0.29, 0.717) is 0 Å². The highest BCUT2D eigenvalue weighted by Gasteiger charge is 2.04. The number of rotatable bonds is 4. The molecule has 0 amide bonds. The molecular weight excluding hydrogens is 246 g/mol. The number of nitrogens with zero attached hydrogens (tertiary/aromatic N) is 2. The molecule has 0 fully saturated rings. The third-order valence-electron chi connectivity index (χ3n) is 3.33. The van der Waals surface area contributed by atoms with Crippen LogP contribution in [0.1, 0.15) is 13.0 Å². The summed E-state index contributed by atoms with van der Waals surface area (Å²) < 4.78 is 2.21. The van der Waals surface area contributed by atoms with E-state index in [1.807, 2.05) is 36.5 Å². The number of benzene rings is 2. The van der Waals surface area contributed by atoms with E-state index >= 15 is 0 Å². The molecule has 1 N–H and O–H groups in total. The average molecular weight is 263 g/mol. The Morgan fingerprint density at radius 1 is 1.00 bits per heavy atom. The minimum absolute atomic E-state index is 0.200. The van der Waals surface area contributed by atoms with Gasteiger partial charge in [-0.2, -0.15) is 5.10 Å². The minimum Gasteiger partial charge on any atom is -0.339 e. The molecule has 0 spiro atoms. The summed E-state index contributed by atoms with van der Waals surface area (Å²) >= 11 is 0. The highest BCUT2D eigenvalue weighted by atomic mass is 15.3. The summed E-state index contributed by atoms with van der Waals surface area (Å²) in [5.41, 5.74) is 5.26. The first-order valence-electron chi connectivity index (χ1n) is 6.74. The van der Waals surface area contributed by atoms with Gasteiger partial charge in [0.1, 0.15) is 0 Å². The fraction of sp³-hybridized carbons (Fsp3) is 0.118. The molecule has 2 aromatic carbocycles. The Morgan fingerprint density at radius 2 is 1.75 bits per heavy atom. The topological polar surface area (TPSA) is 29.3 Å². The van der Waals surface area contributed by atoms with Crippen molar-refractivity contribution in [3.8, 4) is 0 Å². The lowest BCUT2D eigenvalue weighted by atomic mass is 10.2. The fourth-order valence-electron chi connectivity index (χ4n) is 2.26. The van der Waals surface area contributed by atoms with Crippen LogP contribution in [-0.2, 0) is 0 Å². The molecular formula is C17H17N3. The second-order valence-electron chi connectivity index (χ2n) is 4.78. The van der Waals surface area contributed by atoms with Crippen LogP contribution >= 0.6 is 0 Å². The Kier molecular flexibility index (Phi) is 3.50. The van der Waals surface area contributed by atoms with E-state index in [-0.39, 0.29) is 6.04 Å². The monoisotopic (exact) mass is 263 g/mol. The van der Waals surface area contributed by atoms with E-state index < -0.39 is 0 Å². The highest BCUT2D eigenvalue weighted by molar-refractivity contribution is 5.81. The molecule has 20 heavy (non-hydrogen) atoms. The van der Waals surface area contributed by atoms with Gasteiger partial charge in [0.05, 0.1) is 11.7 Å². The molecule has 1 atom stereocenters. The zero-order valence-electron chi connectivity index (χ0n) is 11.4. The molecule has 3 heteroatoms. The summed E-state index contributed by atoms with van der Waals surface area (Å²) in [5, 5.41) is 5.56. The maximum Gasteiger partial charge on any atom is 0.0677 e. The molecule has 0 saturated carbocycles. The number of aromatic nitrogens is 1. The van der Waals surface area contributed by atoms with Crippen molar-refractivity contribution in [3.05, 3.63) is 66.9 Å². The lowest BCUT2D eigenvalue weighted by Gasteiger charge is -2.10. The Hall–Kier alpha value is -2.55. The largest absolute Gasteiger partial charge is 0.339 e. The number of fused-ring (bicyclic) bond motifs is 1. The summed E-state index contributed by atoms with van der Waals surface area (Å²) in [6.07, 6.45) is 4.02. The number of anilines is 1. The van der Waals surface area contributed by atoms with Gasteiger partial charge in [0.25, 0.3) is 0 Å². The molecule has 1 heterocycles. The predicted octanol–water partition coefficient (Wildman–Crippen LogP) is 4.30. The summed E-state index contributed by atoms with van der Waals surface area (Å²) in [6, 6.07) is 20.6. The van der Waals surface area contributed by atoms with Crippen molar-refractivity contribution in [3.63, 3.8) is 0 Å². The van der Waals surface area contributed by atoms with Gasteiger partial charge in [0.2, 0.25) is 0 Å². The van der Waals surface area contributed by atoms with E-state index in [1.54, 1.807) is 0 Å². The Balaban J connectivity index is 1.74. The van der Waals surface area contributed by atoms with Gasteiger partial charge >= 0.3 is 0 Å². The van der Waals surface area contributed by atoms with Gasteiger partial charge in [0, 0.05) is 17.9 Å². The maximum absolute atomic E-state index is 4.31. The minimum atomic E-state index is 0.200. The Labute approximate surface area is 118 Å². The second kappa shape index (κ2) is 5.61. The van der Waals surface area contributed by atoms with Crippen LogP contribution in [0, 0.1) is 0 Å². The molecule has 0 aliphatic rings. The van der Waals surface area contributed by atoms with Crippen LogP contribution in [0.3, 0.4) is 0 Å². The third-order valence-corrected chi connectivity index (χ3v) is 3.33. The Morgan fingerprint density at radius 3 is 2.60 bits per heavy atom. The van der Waals surface area contributed by atoms with Crippen molar-refractivity contribution in [2.75, 3.05) is 5.43 Å². The van der Waals surface area contributed by atoms with Gasteiger partial charge in [-0.15, -0.1) is 0 Å². The number of hydrogen-bond donors (Lipinski definition) is 1. The maximum atomic E-state index is 4.31. The molecule has 0 radical (unpaired) electrons. The van der Waals surface area contributed by atoms with Crippen LogP contribution in [0.25, 0.3) is 10.9 Å². The molecule has 0 unspecified atom stereocenters. The van der Waals surface area contributed by atoms with Crippen molar-refractivity contribution in [1.29, 1.82) is 0 Å². The summed E-state index contributed by atoms with van der Waals surface area (Å²) in [4.78, 5) is 0. The van der Waals surface area contributed by atoms with E-state index in [2.05, 4.69) is 58.5 Å². The van der Waals surface area contributed by atoms with Crippen LogP contribution in [0.5, 0.6) is 0 Å². The molecule has 0 aliphatic carbocycles. The molecule has 3 nitrogen and oxygen atoms in total. The van der Waals surface area contributed by atoms with Crippen LogP contribution in [0.2, 0.25) is 0 Å². The van der Waals surface area contributed by atoms with Gasteiger partial charge in [-0.05, 0) is 36.6 Å². The first kappa shape index (κ1) is 12.5. The number of hydrazone groups is 1. The zero-order valence-corrected chi connectivity index (χ0v) is 11.4. The molecule has 1 aromatic heterocycles. The van der Waals surface area contributed by atoms with E-state index in [9.17, 15) is 0 Å². The number of hydrogen-bond acceptors (Lipinski definition) is 2. The smallest absolute Gasteiger partial charge is 0.0677 e. The quantitative estimate of drug-likeness (QED) is 0.552. The van der Waals surface area contributed by atoms with Gasteiger partial charge in [-0.1, -0.05) is 36.4 Å².